The average Bonchev–Trinajstić information content (AvgIpc) is 2.83. The second kappa shape index (κ2) is 4.26. The lowest BCUT2D eigenvalue weighted by atomic mass is 9.87. The number of hydrogen-bond acceptors (Lipinski definition) is 3. The third-order valence-corrected chi connectivity index (χ3v) is 3.55. The van der Waals surface area contributed by atoms with E-state index in [1.165, 1.54) is 5.56 Å². The van der Waals surface area contributed by atoms with E-state index in [-0.39, 0.29) is 0 Å². The standard InChI is InChI=1S/C12H18N4/c1-10-7-15-16(8-10)6-4-11-3-2-5-12(11,14)9-13/h7-8,11H,2-6,14H2,1H3. The molecule has 1 fully saturated rings. The Morgan fingerprint density at radius 3 is 3.19 bits per heavy atom. The molecule has 16 heavy (non-hydrogen) atoms. The summed E-state index contributed by atoms with van der Waals surface area (Å²) in [5, 5.41) is 13.3. The molecule has 1 aliphatic carbocycles. The molecule has 1 saturated carbocycles. The maximum absolute atomic E-state index is 9.10. The third-order valence-electron chi connectivity index (χ3n) is 3.55. The lowest BCUT2D eigenvalue weighted by molar-refractivity contribution is 0.346. The third kappa shape index (κ3) is 2.10. The molecular weight excluding hydrogens is 200 g/mol. The zero-order chi connectivity index (χ0) is 11.6. The Kier molecular flexibility index (Phi) is 2.97. The minimum atomic E-state index is -0.595. The quantitative estimate of drug-likeness (QED) is 0.838. The monoisotopic (exact) mass is 218 g/mol. The molecule has 0 aromatic carbocycles. The molecule has 0 saturated heterocycles. The second-order valence-electron chi connectivity index (χ2n) is 4.81. The topological polar surface area (TPSA) is 67.6 Å². The van der Waals surface area contributed by atoms with E-state index in [2.05, 4.69) is 11.2 Å². The molecule has 4 heteroatoms. The minimum absolute atomic E-state index is 0.321. The van der Waals surface area contributed by atoms with Gasteiger partial charge in [-0.3, -0.25) is 4.68 Å². The highest BCUT2D eigenvalue weighted by Crippen LogP contribution is 2.35. The molecule has 0 amide bonds. The van der Waals surface area contributed by atoms with Gasteiger partial charge in [-0.1, -0.05) is 6.42 Å². The molecule has 1 aromatic heterocycles. The summed E-state index contributed by atoms with van der Waals surface area (Å²) in [6.45, 7) is 2.89. The zero-order valence-corrected chi connectivity index (χ0v) is 9.69. The van der Waals surface area contributed by atoms with Crippen LogP contribution < -0.4 is 5.73 Å². The van der Waals surface area contributed by atoms with Crippen molar-refractivity contribution in [3.63, 3.8) is 0 Å². The van der Waals surface area contributed by atoms with Crippen LogP contribution in [0.4, 0.5) is 0 Å². The molecule has 2 rings (SSSR count). The highest BCUT2D eigenvalue weighted by molar-refractivity contribution is 5.11. The molecule has 1 heterocycles. The van der Waals surface area contributed by atoms with E-state index in [9.17, 15) is 0 Å². The van der Waals surface area contributed by atoms with E-state index in [4.69, 9.17) is 11.0 Å². The van der Waals surface area contributed by atoms with E-state index >= 15 is 0 Å². The molecule has 2 atom stereocenters. The van der Waals surface area contributed by atoms with Gasteiger partial charge in [0.25, 0.3) is 0 Å². The Morgan fingerprint density at radius 2 is 2.56 bits per heavy atom. The van der Waals surface area contributed by atoms with Gasteiger partial charge < -0.3 is 5.73 Å². The fraction of sp³-hybridized carbons (Fsp3) is 0.667. The Bertz CT molecular complexity index is 403. The van der Waals surface area contributed by atoms with Crippen LogP contribution >= 0.6 is 0 Å². The fourth-order valence-electron chi connectivity index (χ4n) is 2.53. The Labute approximate surface area is 96.0 Å². The predicted octanol–water partition coefficient (Wildman–Crippen LogP) is 1.60. The van der Waals surface area contributed by atoms with Gasteiger partial charge in [0, 0.05) is 12.7 Å². The molecule has 0 spiro atoms. The van der Waals surface area contributed by atoms with Crippen molar-refractivity contribution in [2.24, 2.45) is 11.7 Å². The van der Waals surface area contributed by atoms with Gasteiger partial charge in [-0.15, -0.1) is 0 Å². The van der Waals surface area contributed by atoms with E-state index in [1.54, 1.807) is 0 Å². The molecule has 1 aromatic rings. The van der Waals surface area contributed by atoms with Crippen molar-refractivity contribution in [1.29, 1.82) is 5.26 Å². The van der Waals surface area contributed by atoms with Crippen molar-refractivity contribution in [2.45, 2.75) is 44.7 Å². The van der Waals surface area contributed by atoms with Gasteiger partial charge in [0.2, 0.25) is 0 Å². The lowest BCUT2D eigenvalue weighted by Gasteiger charge is -2.23. The highest BCUT2D eigenvalue weighted by Gasteiger charge is 2.39. The number of aromatic nitrogens is 2. The normalized spacial score (nSPS) is 29.2. The summed E-state index contributed by atoms with van der Waals surface area (Å²) >= 11 is 0. The van der Waals surface area contributed by atoms with Gasteiger partial charge in [-0.05, 0) is 37.7 Å². The summed E-state index contributed by atoms with van der Waals surface area (Å²) < 4.78 is 1.94. The van der Waals surface area contributed by atoms with Gasteiger partial charge in [-0.2, -0.15) is 10.4 Å². The SMILES string of the molecule is Cc1cnn(CCC2CCCC2(N)C#N)c1. The van der Waals surface area contributed by atoms with Crippen molar-refractivity contribution in [3.05, 3.63) is 18.0 Å². The predicted molar refractivity (Wildman–Crippen MR) is 61.5 cm³/mol. The largest absolute Gasteiger partial charge is 0.313 e. The average molecular weight is 218 g/mol. The molecule has 86 valence electrons. The maximum atomic E-state index is 9.10. The van der Waals surface area contributed by atoms with Crippen molar-refractivity contribution in [2.75, 3.05) is 0 Å². The molecule has 2 unspecified atom stereocenters. The molecule has 1 aliphatic rings. The summed E-state index contributed by atoms with van der Waals surface area (Å²) in [5.41, 5.74) is 6.66. The molecule has 2 N–H and O–H groups in total. The number of aryl methyl sites for hydroxylation is 2. The van der Waals surface area contributed by atoms with E-state index < -0.39 is 5.54 Å². The van der Waals surface area contributed by atoms with Crippen molar-refractivity contribution in [3.8, 4) is 6.07 Å². The number of rotatable bonds is 3. The molecule has 4 nitrogen and oxygen atoms in total. The first-order valence-corrected chi connectivity index (χ1v) is 5.83. The first-order valence-electron chi connectivity index (χ1n) is 5.83. The fourth-order valence-corrected chi connectivity index (χ4v) is 2.53. The van der Waals surface area contributed by atoms with Crippen LogP contribution in [0.15, 0.2) is 12.4 Å². The van der Waals surface area contributed by atoms with Crippen LogP contribution in [0.1, 0.15) is 31.2 Å². The van der Waals surface area contributed by atoms with E-state index in [1.807, 2.05) is 24.0 Å². The smallest absolute Gasteiger partial charge is 0.107 e. The van der Waals surface area contributed by atoms with Crippen LogP contribution in [0.25, 0.3) is 0 Å². The summed E-state index contributed by atoms with van der Waals surface area (Å²) in [5.74, 6) is 0.321. The highest BCUT2D eigenvalue weighted by atomic mass is 15.3. The maximum Gasteiger partial charge on any atom is 0.107 e. The second-order valence-corrected chi connectivity index (χ2v) is 4.81. The van der Waals surface area contributed by atoms with E-state index in [0.717, 1.165) is 32.2 Å². The molecule has 0 radical (unpaired) electrons. The van der Waals surface area contributed by atoms with Gasteiger partial charge >= 0.3 is 0 Å². The summed E-state index contributed by atoms with van der Waals surface area (Å²) in [4.78, 5) is 0. The molecule has 0 bridgehead atoms. The Morgan fingerprint density at radius 1 is 1.75 bits per heavy atom. The lowest BCUT2D eigenvalue weighted by Crippen LogP contribution is -2.42. The van der Waals surface area contributed by atoms with E-state index in [0.29, 0.717) is 5.92 Å². The van der Waals surface area contributed by atoms with Crippen LogP contribution in [0.2, 0.25) is 0 Å². The molecule has 0 aliphatic heterocycles. The van der Waals surface area contributed by atoms with Crippen LogP contribution in [-0.2, 0) is 6.54 Å². The zero-order valence-electron chi connectivity index (χ0n) is 9.69. The van der Waals surface area contributed by atoms with Crippen LogP contribution in [0.3, 0.4) is 0 Å². The van der Waals surface area contributed by atoms with Gasteiger partial charge in [0.15, 0.2) is 0 Å². The first kappa shape index (κ1) is 11.2. The van der Waals surface area contributed by atoms with Crippen LogP contribution in [-0.4, -0.2) is 15.3 Å². The first-order chi connectivity index (χ1) is 7.64. The Balaban J connectivity index is 1.93. The number of nitrogens with zero attached hydrogens (tertiary/aromatic N) is 3. The van der Waals surface area contributed by atoms with Crippen LogP contribution in [0.5, 0.6) is 0 Å². The number of nitriles is 1. The van der Waals surface area contributed by atoms with Gasteiger partial charge in [-0.25, -0.2) is 0 Å². The van der Waals surface area contributed by atoms with Gasteiger partial charge in [0.05, 0.1) is 12.3 Å². The molecular formula is C12H18N4. The number of hydrogen-bond donors (Lipinski definition) is 1. The summed E-state index contributed by atoms with van der Waals surface area (Å²) in [6, 6.07) is 2.28. The van der Waals surface area contributed by atoms with Crippen molar-refractivity contribution < 1.29 is 0 Å². The summed E-state index contributed by atoms with van der Waals surface area (Å²) in [6.07, 6.45) is 7.82. The van der Waals surface area contributed by atoms with Crippen molar-refractivity contribution in [1.82, 2.24) is 9.78 Å². The van der Waals surface area contributed by atoms with Gasteiger partial charge in [0.1, 0.15) is 5.54 Å². The summed E-state index contributed by atoms with van der Waals surface area (Å²) in [7, 11) is 0. The minimum Gasteiger partial charge on any atom is -0.313 e. The van der Waals surface area contributed by atoms with Crippen molar-refractivity contribution >= 4 is 0 Å². The number of nitrogens with two attached hydrogens (primary N) is 1. The van der Waals surface area contributed by atoms with Crippen LogP contribution in [0, 0.1) is 24.2 Å². The Hall–Kier alpha value is -1.34.